The minimum absolute atomic E-state index is 0.0506. The molecule has 0 N–H and O–H groups in total. The van der Waals surface area contributed by atoms with Gasteiger partial charge in [0.05, 0.1) is 24.6 Å². The van der Waals surface area contributed by atoms with E-state index in [4.69, 9.17) is 4.74 Å². The number of benzene rings is 4. The number of aromatic nitrogens is 2. The molecule has 2 aromatic heterocycles. The Morgan fingerprint density at radius 1 is 0.512 bits per heavy atom. The fraction of sp³-hybridized carbons (Fsp3) is 0.211. The van der Waals surface area contributed by atoms with Gasteiger partial charge < -0.3 is 13.9 Å². The van der Waals surface area contributed by atoms with Crippen LogP contribution in [0.2, 0.25) is 0 Å². The van der Waals surface area contributed by atoms with Crippen LogP contribution in [0, 0.1) is 27.7 Å². The number of hydrogen-bond donors (Lipinski definition) is 0. The molecule has 6 rings (SSSR count). The first kappa shape index (κ1) is 28.4. The van der Waals surface area contributed by atoms with Crippen LogP contribution in [0.3, 0.4) is 0 Å². The van der Waals surface area contributed by atoms with Crippen molar-refractivity contribution in [1.82, 2.24) is 9.13 Å². The smallest absolute Gasteiger partial charge is 0.258 e. The average molecular weight is 569 g/mol. The van der Waals surface area contributed by atoms with Gasteiger partial charge in [-0.1, -0.05) is 72.8 Å². The molecule has 5 heteroatoms. The zero-order valence-corrected chi connectivity index (χ0v) is 25.6. The molecule has 6 aromatic rings. The number of ether oxygens (including phenoxy) is 1. The van der Waals surface area contributed by atoms with Crippen LogP contribution in [0.15, 0.2) is 94.5 Å². The largest absolute Gasteiger partial charge is 0.369 e. The molecule has 0 bridgehead atoms. The van der Waals surface area contributed by atoms with E-state index >= 15 is 0 Å². The predicted octanol–water partition coefficient (Wildman–Crippen LogP) is 7.67. The van der Waals surface area contributed by atoms with Crippen LogP contribution in [0.25, 0.3) is 43.8 Å². The molecule has 0 aliphatic carbocycles. The molecular formula is C38H36N2O3. The molecule has 5 nitrogen and oxygen atoms in total. The fourth-order valence-electron chi connectivity index (χ4n) is 6.09. The Morgan fingerprint density at radius 3 is 1.19 bits per heavy atom. The molecule has 0 amide bonds. The molecule has 4 aromatic carbocycles. The Balaban J connectivity index is 1.51. The van der Waals surface area contributed by atoms with Gasteiger partial charge in [0.25, 0.3) is 11.1 Å². The van der Waals surface area contributed by atoms with Crippen LogP contribution in [0.1, 0.15) is 33.6 Å². The summed E-state index contributed by atoms with van der Waals surface area (Å²) in [5.74, 6) is 0. The van der Waals surface area contributed by atoms with Crippen molar-refractivity contribution in [1.29, 1.82) is 0 Å². The molecule has 216 valence electrons. The number of aryl methyl sites for hydroxylation is 4. The second kappa shape index (κ2) is 11.2. The van der Waals surface area contributed by atoms with Gasteiger partial charge in [0.2, 0.25) is 0 Å². The first-order chi connectivity index (χ1) is 20.7. The fourth-order valence-corrected chi connectivity index (χ4v) is 6.09. The van der Waals surface area contributed by atoms with Crippen molar-refractivity contribution in [2.75, 3.05) is 0 Å². The van der Waals surface area contributed by atoms with Gasteiger partial charge in [-0.2, -0.15) is 0 Å². The summed E-state index contributed by atoms with van der Waals surface area (Å²) in [6, 6.07) is 28.5. The number of fused-ring (bicyclic) bond motifs is 2. The summed E-state index contributed by atoms with van der Waals surface area (Å²) in [4.78, 5) is 27.3. The quantitative estimate of drug-likeness (QED) is 0.207. The van der Waals surface area contributed by atoms with E-state index in [0.717, 1.165) is 66.7 Å². The van der Waals surface area contributed by atoms with E-state index in [1.807, 2.05) is 76.5 Å². The monoisotopic (exact) mass is 568 g/mol. The summed E-state index contributed by atoms with van der Waals surface area (Å²) >= 11 is 0. The van der Waals surface area contributed by atoms with Crippen molar-refractivity contribution in [2.45, 2.75) is 40.9 Å². The number of hydrogen-bond acceptors (Lipinski definition) is 3. The molecule has 43 heavy (non-hydrogen) atoms. The summed E-state index contributed by atoms with van der Waals surface area (Å²) < 4.78 is 9.91. The van der Waals surface area contributed by atoms with Gasteiger partial charge in [0.15, 0.2) is 0 Å². The van der Waals surface area contributed by atoms with Crippen molar-refractivity contribution in [3.63, 3.8) is 0 Å². The molecule has 0 radical (unpaired) electrons. The van der Waals surface area contributed by atoms with Crippen molar-refractivity contribution in [2.24, 2.45) is 14.1 Å². The highest BCUT2D eigenvalue weighted by Gasteiger charge is 2.20. The minimum Gasteiger partial charge on any atom is -0.369 e. The third-order valence-electron chi connectivity index (χ3n) is 8.87. The highest BCUT2D eigenvalue weighted by atomic mass is 16.5. The number of pyridine rings is 2. The van der Waals surface area contributed by atoms with Crippen LogP contribution >= 0.6 is 0 Å². The maximum Gasteiger partial charge on any atom is 0.258 e. The van der Waals surface area contributed by atoms with E-state index < -0.39 is 0 Å². The Labute approximate surface area is 251 Å². The van der Waals surface area contributed by atoms with Gasteiger partial charge in [0, 0.05) is 36.0 Å². The van der Waals surface area contributed by atoms with Gasteiger partial charge >= 0.3 is 0 Å². The molecule has 0 atom stereocenters. The highest BCUT2D eigenvalue weighted by Crippen LogP contribution is 2.35. The predicted molar refractivity (Wildman–Crippen MR) is 177 cm³/mol. The third kappa shape index (κ3) is 4.90. The lowest BCUT2D eigenvalue weighted by molar-refractivity contribution is 0.0982. The maximum atomic E-state index is 13.6. The lowest BCUT2D eigenvalue weighted by Crippen LogP contribution is -2.24. The van der Waals surface area contributed by atoms with Crippen LogP contribution in [-0.2, 0) is 32.0 Å². The first-order valence-corrected chi connectivity index (χ1v) is 14.6. The van der Waals surface area contributed by atoms with Gasteiger partial charge in [-0.15, -0.1) is 0 Å². The summed E-state index contributed by atoms with van der Waals surface area (Å²) in [5.41, 5.74) is 9.96. The summed E-state index contributed by atoms with van der Waals surface area (Å²) in [6.45, 7) is 8.62. The van der Waals surface area contributed by atoms with E-state index in [9.17, 15) is 9.59 Å². The van der Waals surface area contributed by atoms with E-state index in [1.165, 1.54) is 0 Å². The van der Waals surface area contributed by atoms with Crippen LogP contribution < -0.4 is 11.1 Å². The maximum absolute atomic E-state index is 13.6. The molecule has 0 aliphatic heterocycles. The van der Waals surface area contributed by atoms with E-state index in [1.54, 1.807) is 9.13 Å². The lowest BCUT2D eigenvalue weighted by atomic mass is 9.94. The van der Waals surface area contributed by atoms with Gasteiger partial charge in [-0.25, -0.2) is 0 Å². The van der Waals surface area contributed by atoms with E-state index in [0.29, 0.717) is 10.8 Å². The summed E-state index contributed by atoms with van der Waals surface area (Å²) in [6.07, 6.45) is 0. The molecule has 0 unspecified atom stereocenters. The lowest BCUT2D eigenvalue weighted by Gasteiger charge is -2.21. The van der Waals surface area contributed by atoms with Gasteiger partial charge in [-0.3, -0.25) is 9.59 Å². The Bertz CT molecular complexity index is 1990. The highest BCUT2D eigenvalue weighted by molar-refractivity contribution is 5.99. The molecule has 0 saturated heterocycles. The first-order valence-electron chi connectivity index (χ1n) is 14.6. The molecule has 0 spiro atoms. The second-order valence-corrected chi connectivity index (χ2v) is 11.6. The third-order valence-corrected chi connectivity index (χ3v) is 8.87. The van der Waals surface area contributed by atoms with Gasteiger partial charge in [0.1, 0.15) is 0 Å². The summed E-state index contributed by atoms with van der Waals surface area (Å²) in [7, 11) is 3.63. The number of nitrogens with zero attached hydrogens (tertiary/aromatic N) is 2. The Kier molecular flexibility index (Phi) is 7.37. The van der Waals surface area contributed by atoms with E-state index in [2.05, 4.69) is 50.2 Å². The summed E-state index contributed by atoms with van der Waals surface area (Å²) in [5, 5.41) is 3.24. The average Bonchev–Trinajstić information content (AvgIpc) is 3.01. The normalized spacial score (nSPS) is 11.5. The van der Waals surface area contributed by atoms with Crippen LogP contribution in [-0.4, -0.2) is 9.13 Å². The van der Waals surface area contributed by atoms with Crippen molar-refractivity contribution >= 4 is 21.5 Å². The molecule has 0 saturated carbocycles. The van der Waals surface area contributed by atoms with Gasteiger partial charge in [-0.05, 0) is 84.0 Å². The second-order valence-electron chi connectivity index (χ2n) is 11.6. The topological polar surface area (TPSA) is 53.2 Å². The SMILES string of the molecule is Cc1cc2c(-c3ccccc3)c(COCc3c(-c4ccccc4)c4cc(C)c(C)cc4c(=O)n3C)n(C)c(=O)c2cc1C. The van der Waals surface area contributed by atoms with Crippen molar-refractivity contribution < 1.29 is 4.74 Å². The Morgan fingerprint density at radius 2 is 0.837 bits per heavy atom. The molecular weight excluding hydrogens is 532 g/mol. The molecule has 0 fully saturated rings. The van der Waals surface area contributed by atoms with E-state index in [-0.39, 0.29) is 24.3 Å². The zero-order chi connectivity index (χ0) is 30.4. The van der Waals surface area contributed by atoms with Crippen LogP contribution in [0.5, 0.6) is 0 Å². The van der Waals surface area contributed by atoms with Crippen LogP contribution in [0.4, 0.5) is 0 Å². The van der Waals surface area contributed by atoms with Crippen molar-refractivity contribution in [3.05, 3.63) is 139 Å². The standard InChI is InChI=1S/C38H36N2O3/c1-23-17-29-31(19-25(23)3)37(41)39(5)33(35(29)27-13-9-7-10-14-27)21-43-22-34-36(28-15-11-8-12-16-28)30-18-24(2)26(4)20-32(30)38(42)40(34)6/h7-20H,21-22H2,1-6H3. The zero-order valence-electron chi connectivity index (χ0n) is 25.6. The molecule has 0 aliphatic rings. The minimum atomic E-state index is -0.0506. The number of rotatable bonds is 6. The Hall–Kier alpha value is -4.74. The molecule has 2 heterocycles. The van der Waals surface area contributed by atoms with Crippen molar-refractivity contribution in [3.8, 4) is 22.3 Å².